The highest BCUT2D eigenvalue weighted by Crippen LogP contribution is 2.20. The third-order valence-corrected chi connectivity index (χ3v) is 4.14. The monoisotopic (exact) mass is 345 g/mol. The van der Waals surface area contributed by atoms with Crippen molar-refractivity contribution in [1.82, 2.24) is 4.90 Å². The molecule has 1 aliphatic rings. The van der Waals surface area contributed by atoms with Crippen LogP contribution in [0.5, 0.6) is 0 Å². The highest BCUT2D eigenvalue weighted by atomic mass is 16.6. The lowest BCUT2D eigenvalue weighted by Gasteiger charge is -2.32. The molecular formula is C21H31NO3. The van der Waals surface area contributed by atoms with E-state index in [2.05, 4.69) is 24.3 Å². The number of nitrogens with zero attached hydrogens (tertiary/aromatic N) is 1. The highest BCUT2D eigenvalue weighted by molar-refractivity contribution is 5.68. The molecule has 0 unspecified atom stereocenters. The van der Waals surface area contributed by atoms with Crippen LogP contribution in [0, 0.1) is 5.92 Å². The predicted octanol–water partition coefficient (Wildman–Crippen LogP) is 4.80. The normalized spacial score (nSPS) is 16.4. The summed E-state index contributed by atoms with van der Waals surface area (Å²) in [6.07, 6.45) is 7.22. The van der Waals surface area contributed by atoms with E-state index in [1.54, 1.807) is 0 Å². The molecule has 1 aromatic carbocycles. The lowest BCUT2D eigenvalue weighted by atomic mass is 9.96. The van der Waals surface area contributed by atoms with E-state index in [0.29, 0.717) is 12.5 Å². The summed E-state index contributed by atoms with van der Waals surface area (Å²) in [6.45, 7) is 8.66. The number of benzene rings is 1. The van der Waals surface area contributed by atoms with E-state index in [9.17, 15) is 4.79 Å². The molecule has 0 N–H and O–H groups in total. The zero-order valence-corrected chi connectivity index (χ0v) is 15.7. The molecule has 1 heterocycles. The van der Waals surface area contributed by atoms with Crippen molar-refractivity contribution in [2.75, 3.05) is 19.7 Å². The van der Waals surface area contributed by atoms with Gasteiger partial charge >= 0.3 is 6.09 Å². The fourth-order valence-electron chi connectivity index (χ4n) is 2.81. The van der Waals surface area contributed by atoms with Gasteiger partial charge in [-0.25, -0.2) is 4.79 Å². The molecule has 1 saturated heterocycles. The van der Waals surface area contributed by atoms with Crippen LogP contribution in [-0.2, 0) is 16.1 Å². The van der Waals surface area contributed by atoms with Gasteiger partial charge in [0.25, 0.3) is 0 Å². The minimum absolute atomic E-state index is 0.191. The number of carbonyl (C=O) groups excluding carboxylic acids is 1. The molecule has 1 fully saturated rings. The third-order valence-electron chi connectivity index (χ3n) is 4.14. The number of ether oxygens (including phenoxy) is 2. The second-order valence-electron chi connectivity index (χ2n) is 7.56. The maximum absolute atomic E-state index is 12.0. The van der Waals surface area contributed by atoms with Gasteiger partial charge in [-0.15, -0.1) is 0 Å². The Morgan fingerprint density at radius 1 is 1.20 bits per heavy atom. The van der Waals surface area contributed by atoms with Gasteiger partial charge in [-0.3, -0.25) is 0 Å². The first-order valence-electron chi connectivity index (χ1n) is 9.20. The fraction of sp³-hybridized carbons (Fsp3) is 0.571. The number of hydrogen-bond donors (Lipinski definition) is 0. The molecule has 0 saturated carbocycles. The van der Waals surface area contributed by atoms with Gasteiger partial charge in [-0.2, -0.15) is 0 Å². The number of hydrogen-bond acceptors (Lipinski definition) is 3. The predicted molar refractivity (Wildman–Crippen MR) is 100 cm³/mol. The Hall–Kier alpha value is -1.81. The topological polar surface area (TPSA) is 38.8 Å². The molecule has 4 nitrogen and oxygen atoms in total. The third kappa shape index (κ3) is 7.74. The average Bonchev–Trinajstić information content (AvgIpc) is 2.58. The number of amides is 1. The van der Waals surface area contributed by atoms with Gasteiger partial charge in [0.2, 0.25) is 0 Å². The van der Waals surface area contributed by atoms with Crippen molar-refractivity contribution in [2.24, 2.45) is 5.92 Å². The summed E-state index contributed by atoms with van der Waals surface area (Å²) in [5.41, 5.74) is 0.786. The van der Waals surface area contributed by atoms with Gasteiger partial charge in [0.15, 0.2) is 0 Å². The zero-order valence-electron chi connectivity index (χ0n) is 15.7. The number of allylic oxidation sites excluding steroid dienone is 1. The van der Waals surface area contributed by atoms with Crippen LogP contribution in [0.1, 0.15) is 45.6 Å². The molecule has 138 valence electrons. The van der Waals surface area contributed by atoms with Crippen LogP contribution < -0.4 is 0 Å². The molecule has 0 aromatic heterocycles. The molecule has 1 aliphatic heterocycles. The summed E-state index contributed by atoms with van der Waals surface area (Å²) >= 11 is 0. The van der Waals surface area contributed by atoms with Gasteiger partial charge in [0.05, 0.1) is 13.2 Å². The molecule has 1 aromatic rings. The SMILES string of the molecule is CC(C)(C)OC(=O)N1CCC(/C=C\CCOCc2ccccc2)CC1. The highest BCUT2D eigenvalue weighted by Gasteiger charge is 2.25. The van der Waals surface area contributed by atoms with Gasteiger partial charge < -0.3 is 14.4 Å². The lowest BCUT2D eigenvalue weighted by molar-refractivity contribution is 0.0197. The van der Waals surface area contributed by atoms with Gasteiger partial charge in [0, 0.05) is 13.1 Å². The maximum atomic E-state index is 12.0. The minimum Gasteiger partial charge on any atom is -0.444 e. The molecular weight excluding hydrogens is 314 g/mol. The largest absolute Gasteiger partial charge is 0.444 e. The molecule has 0 radical (unpaired) electrons. The van der Waals surface area contributed by atoms with Crippen molar-refractivity contribution >= 4 is 6.09 Å². The van der Waals surface area contributed by atoms with Crippen LogP contribution in [0.2, 0.25) is 0 Å². The molecule has 1 amide bonds. The summed E-state index contributed by atoms with van der Waals surface area (Å²) in [7, 11) is 0. The van der Waals surface area contributed by atoms with E-state index in [0.717, 1.165) is 39.0 Å². The van der Waals surface area contributed by atoms with E-state index in [4.69, 9.17) is 9.47 Å². The molecule has 0 bridgehead atoms. The van der Waals surface area contributed by atoms with Gasteiger partial charge in [-0.05, 0) is 51.5 Å². The maximum Gasteiger partial charge on any atom is 0.410 e. The molecule has 4 heteroatoms. The second-order valence-corrected chi connectivity index (χ2v) is 7.56. The molecule has 0 aliphatic carbocycles. The van der Waals surface area contributed by atoms with E-state index >= 15 is 0 Å². The average molecular weight is 345 g/mol. The molecule has 0 spiro atoms. The lowest BCUT2D eigenvalue weighted by Crippen LogP contribution is -2.41. The smallest absolute Gasteiger partial charge is 0.410 e. The van der Waals surface area contributed by atoms with E-state index in [1.807, 2.05) is 43.9 Å². The van der Waals surface area contributed by atoms with E-state index in [-0.39, 0.29) is 6.09 Å². The first-order valence-corrected chi connectivity index (χ1v) is 9.20. The molecule has 2 rings (SSSR count). The van der Waals surface area contributed by atoms with Crippen molar-refractivity contribution in [1.29, 1.82) is 0 Å². The Labute approximate surface area is 151 Å². The van der Waals surface area contributed by atoms with Crippen LogP contribution in [-0.4, -0.2) is 36.3 Å². The fourth-order valence-corrected chi connectivity index (χ4v) is 2.81. The van der Waals surface area contributed by atoms with Crippen molar-refractivity contribution in [2.45, 2.75) is 52.2 Å². The van der Waals surface area contributed by atoms with Crippen LogP contribution in [0.15, 0.2) is 42.5 Å². The molecule has 25 heavy (non-hydrogen) atoms. The Balaban J connectivity index is 1.58. The summed E-state index contributed by atoms with van der Waals surface area (Å²) in [4.78, 5) is 13.9. The van der Waals surface area contributed by atoms with Crippen LogP contribution in [0.25, 0.3) is 0 Å². The zero-order chi connectivity index (χ0) is 18.1. The van der Waals surface area contributed by atoms with E-state index < -0.39 is 5.60 Å². The van der Waals surface area contributed by atoms with Crippen LogP contribution in [0.3, 0.4) is 0 Å². The first kappa shape index (κ1) is 19.5. The molecule has 0 atom stereocenters. The Kier molecular flexibility index (Phi) is 7.51. The van der Waals surface area contributed by atoms with Crippen molar-refractivity contribution in [3.05, 3.63) is 48.0 Å². The minimum atomic E-state index is -0.423. The Morgan fingerprint density at radius 2 is 1.88 bits per heavy atom. The number of likely N-dealkylation sites (tertiary alicyclic amines) is 1. The second kappa shape index (κ2) is 9.62. The summed E-state index contributed by atoms with van der Waals surface area (Å²) < 4.78 is 11.1. The first-order chi connectivity index (χ1) is 11.9. The van der Waals surface area contributed by atoms with Gasteiger partial charge in [-0.1, -0.05) is 42.5 Å². The summed E-state index contributed by atoms with van der Waals surface area (Å²) in [5.74, 6) is 0.549. The summed E-state index contributed by atoms with van der Waals surface area (Å²) in [6, 6.07) is 10.2. The van der Waals surface area contributed by atoms with Crippen LogP contribution in [0.4, 0.5) is 4.79 Å². The van der Waals surface area contributed by atoms with Crippen molar-refractivity contribution < 1.29 is 14.3 Å². The van der Waals surface area contributed by atoms with Crippen molar-refractivity contribution in [3.63, 3.8) is 0 Å². The standard InChI is InChI=1S/C21H31NO3/c1-21(2,3)25-20(23)22-14-12-18(13-15-22)9-7-8-16-24-17-19-10-5-4-6-11-19/h4-7,9-11,18H,8,12-17H2,1-3H3/b9-7-. The number of rotatable bonds is 6. The quantitative estimate of drug-likeness (QED) is 0.549. The van der Waals surface area contributed by atoms with Crippen molar-refractivity contribution in [3.8, 4) is 0 Å². The van der Waals surface area contributed by atoms with Gasteiger partial charge in [0.1, 0.15) is 5.60 Å². The summed E-state index contributed by atoms with van der Waals surface area (Å²) in [5, 5.41) is 0. The van der Waals surface area contributed by atoms with Crippen LogP contribution >= 0.6 is 0 Å². The van der Waals surface area contributed by atoms with E-state index in [1.165, 1.54) is 5.56 Å². The number of carbonyl (C=O) groups is 1. The Bertz CT molecular complexity index is 540. The Morgan fingerprint density at radius 3 is 2.52 bits per heavy atom. The number of piperidine rings is 1.